The molecule has 229 valence electrons. The molecule has 0 saturated heterocycles. The van der Waals surface area contributed by atoms with Gasteiger partial charge in [-0.25, -0.2) is 9.78 Å². The summed E-state index contributed by atoms with van der Waals surface area (Å²) in [6.45, 7) is 12.5. The van der Waals surface area contributed by atoms with Crippen molar-refractivity contribution >= 4 is 23.3 Å². The maximum atomic E-state index is 12.7. The molecule has 2 bridgehead atoms. The third-order valence-corrected chi connectivity index (χ3v) is 7.08. The van der Waals surface area contributed by atoms with Crippen molar-refractivity contribution in [1.82, 2.24) is 10.3 Å². The molecule has 9 heteroatoms. The van der Waals surface area contributed by atoms with Gasteiger partial charge < -0.3 is 33.3 Å². The summed E-state index contributed by atoms with van der Waals surface area (Å²) in [4.78, 5) is 31.4. The smallest absolute Gasteiger partial charge is 0.331 e. The van der Waals surface area contributed by atoms with Gasteiger partial charge in [0.2, 0.25) is 0 Å². The number of rotatable bonds is 7. The van der Waals surface area contributed by atoms with E-state index in [1.807, 2.05) is 44.4 Å². The molecule has 2 N–H and O–H groups in total. The molecule has 3 atom stereocenters. The number of aromatic nitrogens is 1. The quantitative estimate of drug-likeness (QED) is 0.189. The van der Waals surface area contributed by atoms with Crippen LogP contribution in [-0.2, 0) is 64.6 Å². The molecule has 42 heavy (non-hydrogen) atoms. The number of quaternary nitrogens is 1. The molecule has 1 aliphatic rings. The summed E-state index contributed by atoms with van der Waals surface area (Å²) in [6, 6.07) is -0.147. The van der Waals surface area contributed by atoms with Crippen LogP contribution in [0.25, 0.3) is 0 Å². The Morgan fingerprint density at radius 1 is 1.19 bits per heavy atom. The minimum absolute atomic E-state index is 0. The first-order valence-corrected chi connectivity index (χ1v) is 14.7. The van der Waals surface area contributed by atoms with Crippen LogP contribution in [0.2, 0.25) is 0 Å². The zero-order chi connectivity index (χ0) is 29.5. The normalized spacial score (nSPS) is 23.6. The Balaban J connectivity index is 0.00000840. The fourth-order valence-corrected chi connectivity index (χ4v) is 4.99. The number of allylic oxidation sites excluding steroid dienone is 6. The number of carbonyl (C=O) groups excluding carboxylic acids is 2. The molecule has 3 unspecified atom stereocenters. The van der Waals surface area contributed by atoms with Crippen molar-refractivity contribution < 1.29 is 56.7 Å². The van der Waals surface area contributed by atoms with E-state index in [1.54, 1.807) is 17.4 Å². The number of nitrogens with zero attached hydrogens (tertiary/aromatic N) is 1. The topological polar surface area (TPSA) is 82.0 Å². The second-order valence-electron chi connectivity index (χ2n) is 10.7. The van der Waals surface area contributed by atoms with Crippen molar-refractivity contribution in [3.05, 3.63) is 95.5 Å². The molecule has 1 radical (unpaired) electrons. The molecule has 0 amide bonds. The Morgan fingerprint density at radius 2 is 1.90 bits per heavy atom. The molecule has 1 aromatic rings. The van der Waals surface area contributed by atoms with Crippen LogP contribution in [0.3, 0.4) is 0 Å². The minimum atomic E-state index is -0.459. The molecular formula is C33H48N3O4SY-. The van der Waals surface area contributed by atoms with Crippen molar-refractivity contribution in [1.29, 1.82) is 0 Å². The number of hydrogen-bond acceptors (Lipinski definition) is 7. The van der Waals surface area contributed by atoms with Gasteiger partial charge in [0, 0.05) is 63.0 Å². The third-order valence-electron chi connectivity index (χ3n) is 6.16. The van der Waals surface area contributed by atoms with E-state index in [2.05, 4.69) is 51.3 Å². The van der Waals surface area contributed by atoms with Crippen LogP contribution in [0.15, 0.2) is 71.2 Å². The standard InChI is InChI=1S/C32H44N3O4S.CH3.Y/c1-8-33-27-14-15-28-22-40-30(34-28)21-29(19-25(4)13-12-23(2)16-17-35(6)7)39-31(36)11-9-10-24(3)18-26(5)38-32(37)20-27;;/h9-13,16,19,22,26-27,29,33H,1,14-15,17-18,20-21H2,2-7H3;1H3;/q2*-1;/p+1/b11-9-,13-12+,23-16+,24-10+,25-19+;;. The third kappa shape index (κ3) is 17.1. The van der Waals surface area contributed by atoms with E-state index in [0.717, 1.165) is 28.4 Å². The van der Waals surface area contributed by atoms with Crippen LogP contribution >= 0.6 is 11.3 Å². The molecule has 1 aromatic heterocycles. The van der Waals surface area contributed by atoms with Crippen molar-refractivity contribution in [2.24, 2.45) is 0 Å². The summed E-state index contributed by atoms with van der Waals surface area (Å²) in [7, 11) is 4.24. The van der Waals surface area contributed by atoms with Crippen molar-refractivity contribution in [2.45, 2.75) is 78.0 Å². The Kier molecular flexibility index (Phi) is 20.5. The van der Waals surface area contributed by atoms with Gasteiger partial charge in [0.05, 0.1) is 37.8 Å². The van der Waals surface area contributed by atoms with Gasteiger partial charge in [0.15, 0.2) is 0 Å². The summed E-state index contributed by atoms with van der Waals surface area (Å²) in [6.07, 6.45) is 17.8. The van der Waals surface area contributed by atoms with E-state index < -0.39 is 12.1 Å². The summed E-state index contributed by atoms with van der Waals surface area (Å²) < 4.78 is 11.5. The summed E-state index contributed by atoms with van der Waals surface area (Å²) >= 11 is 1.55. The summed E-state index contributed by atoms with van der Waals surface area (Å²) in [5, 5.41) is 5.96. The Morgan fingerprint density at radius 3 is 2.60 bits per heavy atom. The van der Waals surface area contributed by atoms with Crippen LogP contribution in [0.4, 0.5) is 0 Å². The number of fused-ring (bicyclic) bond motifs is 2. The van der Waals surface area contributed by atoms with Gasteiger partial charge in [-0.05, 0) is 58.3 Å². The van der Waals surface area contributed by atoms with Crippen molar-refractivity contribution in [2.75, 3.05) is 20.6 Å². The summed E-state index contributed by atoms with van der Waals surface area (Å²) in [5.41, 5.74) is 4.11. The molecular weight excluding hydrogens is 623 g/mol. The fraction of sp³-hybridized carbons (Fsp3) is 0.455. The first-order valence-electron chi connectivity index (χ1n) is 13.8. The van der Waals surface area contributed by atoms with Gasteiger partial charge in [-0.15, -0.1) is 11.3 Å². The first kappa shape index (κ1) is 39.9. The SMILES string of the molecule is C=[C-]NC1CCc2csc(n2)CC(/C=C(C)/C=C/C(C)=C/C[NH+](C)C)OC(=O)/C=C\C=C(/C)CC(C)OC(=O)C1.[CH3-].[Y]. The number of esters is 2. The van der Waals surface area contributed by atoms with Gasteiger partial charge >= 0.3 is 11.9 Å². The van der Waals surface area contributed by atoms with E-state index in [4.69, 9.17) is 14.5 Å². The van der Waals surface area contributed by atoms with E-state index in [-0.39, 0.29) is 64.7 Å². The number of aryl methyl sites for hydroxylation is 1. The number of ether oxygens (including phenoxy) is 2. The minimum Gasteiger partial charge on any atom is -0.565 e. The number of likely N-dealkylation sites (N-methyl/N-ethyl adjacent to an activating group) is 1. The second-order valence-corrected chi connectivity index (χ2v) is 11.6. The van der Waals surface area contributed by atoms with Gasteiger partial charge in [0.1, 0.15) is 12.2 Å². The zero-order valence-corrected chi connectivity index (χ0v) is 30.0. The molecule has 2 rings (SSSR count). The second kappa shape index (κ2) is 21.5. The van der Waals surface area contributed by atoms with Crippen molar-refractivity contribution in [3.63, 3.8) is 0 Å². The van der Waals surface area contributed by atoms with Gasteiger partial charge in [-0.3, -0.25) is 11.4 Å². The van der Waals surface area contributed by atoms with Crippen LogP contribution < -0.4 is 10.2 Å². The molecule has 0 spiro atoms. The number of nitrogens with one attached hydrogen (secondary N) is 2. The predicted octanol–water partition coefficient (Wildman–Crippen LogP) is 4.70. The maximum absolute atomic E-state index is 12.7. The number of hydrogen-bond donors (Lipinski definition) is 2. The monoisotopic (exact) mass is 671 g/mol. The molecule has 0 aromatic carbocycles. The molecule has 1 aliphatic heterocycles. The van der Waals surface area contributed by atoms with Crippen LogP contribution in [0, 0.1) is 13.6 Å². The molecule has 0 saturated carbocycles. The van der Waals surface area contributed by atoms with E-state index in [1.165, 1.54) is 16.5 Å². The predicted molar refractivity (Wildman–Crippen MR) is 168 cm³/mol. The van der Waals surface area contributed by atoms with Gasteiger partial charge in [-0.1, -0.05) is 35.5 Å². The molecule has 7 nitrogen and oxygen atoms in total. The molecule has 0 aliphatic carbocycles. The van der Waals surface area contributed by atoms with E-state index in [9.17, 15) is 9.59 Å². The fourth-order valence-electron chi connectivity index (χ4n) is 4.12. The van der Waals surface area contributed by atoms with Gasteiger partial charge in [-0.2, -0.15) is 0 Å². The van der Waals surface area contributed by atoms with E-state index >= 15 is 0 Å². The first-order chi connectivity index (χ1) is 19.0. The Hall–Kier alpha value is -2.13. The Labute approximate surface area is 282 Å². The van der Waals surface area contributed by atoms with Crippen LogP contribution in [0.5, 0.6) is 0 Å². The van der Waals surface area contributed by atoms with Crippen LogP contribution in [0.1, 0.15) is 57.7 Å². The largest absolute Gasteiger partial charge is 0.565 e. The number of carbonyl (C=O) groups is 2. The van der Waals surface area contributed by atoms with Crippen LogP contribution in [-0.4, -0.2) is 55.8 Å². The van der Waals surface area contributed by atoms with Gasteiger partial charge in [0.25, 0.3) is 0 Å². The maximum Gasteiger partial charge on any atom is 0.331 e. The average molecular weight is 672 g/mol. The molecule has 0 fully saturated rings. The zero-order valence-electron chi connectivity index (χ0n) is 26.4. The van der Waals surface area contributed by atoms with Crippen molar-refractivity contribution in [3.8, 4) is 0 Å². The average Bonchev–Trinajstić information content (AvgIpc) is 3.31. The number of thiazole rings is 1. The molecule has 2 heterocycles. The summed E-state index contributed by atoms with van der Waals surface area (Å²) in [5.74, 6) is -0.691. The number of cyclic esters (lactones) is 2. The van der Waals surface area contributed by atoms with E-state index in [0.29, 0.717) is 25.7 Å². The Bertz CT molecular complexity index is 1150.